The minimum atomic E-state index is 0.472. The van der Waals surface area contributed by atoms with E-state index >= 15 is 0 Å². The number of ether oxygens (including phenoxy) is 1. The van der Waals surface area contributed by atoms with Gasteiger partial charge < -0.3 is 20.4 Å². The van der Waals surface area contributed by atoms with Gasteiger partial charge in [0.1, 0.15) is 6.33 Å². The summed E-state index contributed by atoms with van der Waals surface area (Å²) in [5.74, 6) is 7.02. The van der Waals surface area contributed by atoms with Crippen molar-refractivity contribution in [1.29, 1.82) is 0 Å². The van der Waals surface area contributed by atoms with Crippen LogP contribution < -0.4 is 21.3 Å². The first-order valence-corrected chi connectivity index (χ1v) is 6.39. The highest BCUT2D eigenvalue weighted by molar-refractivity contribution is 5.62. The lowest BCUT2D eigenvalue weighted by atomic mass is 10.3. The zero-order valence-electron chi connectivity index (χ0n) is 12.1. The number of nitrogen functional groups attached to an aromatic ring is 1. The molecule has 0 aliphatic heterocycles. The Morgan fingerprint density at radius 1 is 1.37 bits per heavy atom. The Morgan fingerprint density at radius 2 is 2.05 bits per heavy atom. The summed E-state index contributed by atoms with van der Waals surface area (Å²) < 4.78 is 5.24. The van der Waals surface area contributed by atoms with Gasteiger partial charge in [0.25, 0.3) is 0 Å². The minimum Gasteiger partial charge on any atom is -0.490 e. The van der Waals surface area contributed by atoms with Gasteiger partial charge >= 0.3 is 0 Å². The summed E-state index contributed by atoms with van der Waals surface area (Å²) in [6, 6.07) is 0.557. The maximum Gasteiger partial charge on any atom is 0.205 e. The average Bonchev–Trinajstić information content (AvgIpc) is 2.42. The fourth-order valence-corrected chi connectivity index (χ4v) is 1.59. The molecule has 0 fully saturated rings. The number of hydrogen-bond acceptors (Lipinski definition) is 7. The summed E-state index contributed by atoms with van der Waals surface area (Å²) in [7, 11) is 3.68. The van der Waals surface area contributed by atoms with Crippen LogP contribution in [0.15, 0.2) is 6.33 Å². The lowest BCUT2D eigenvalue weighted by Crippen LogP contribution is -2.28. The number of methoxy groups -OCH3 is 1. The van der Waals surface area contributed by atoms with Crippen LogP contribution in [0.3, 0.4) is 0 Å². The van der Waals surface area contributed by atoms with E-state index in [4.69, 9.17) is 10.6 Å². The van der Waals surface area contributed by atoms with Crippen LogP contribution in [0.25, 0.3) is 0 Å². The van der Waals surface area contributed by atoms with Crippen molar-refractivity contribution >= 4 is 11.6 Å². The second-order valence-corrected chi connectivity index (χ2v) is 4.60. The number of hydrogen-bond donors (Lipinski definition) is 3. The highest BCUT2D eigenvalue weighted by atomic mass is 16.5. The molecule has 1 aromatic heterocycles. The monoisotopic (exact) mass is 268 g/mol. The Hall–Kier alpha value is -1.60. The summed E-state index contributed by atoms with van der Waals surface area (Å²) in [4.78, 5) is 10.4. The Kier molecular flexibility index (Phi) is 6.31. The predicted molar refractivity (Wildman–Crippen MR) is 77.3 cm³/mol. The molecule has 0 aromatic carbocycles. The molecule has 0 amide bonds. The van der Waals surface area contributed by atoms with Gasteiger partial charge in [-0.2, -0.15) is 0 Å². The first kappa shape index (κ1) is 15.5. The molecule has 108 valence electrons. The normalized spacial score (nSPS) is 10.9. The third-order valence-corrected chi connectivity index (χ3v) is 3.01. The smallest absolute Gasteiger partial charge is 0.205 e. The van der Waals surface area contributed by atoms with Gasteiger partial charge in [-0.3, -0.25) is 0 Å². The molecule has 7 nitrogen and oxygen atoms in total. The molecule has 0 saturated carbocycles. The van der Waals surface area contributed by atoms with E-state index in [1.807, 2.05) is 0 Å². The summed E-state index contributed by atoms with van der Waals surface area (Å²) in [6.45, 7) is 6.20. The van der Waals surface area contributed by atoms with Crippen LogP contribution in [0.1, 0.15) is 20.3 Å². The average molecular weight is 268 g/mol. The standard InChI is InChI=1S/C12H24N6O/c1-9(2)18(3)7-5-6-14-11-10(19-4)12(17-13)16-8-15-11/h8-9H,5-7,13H2,1-4H3,(H2,14,15,16,17). The van der Waals surface area contributed by atoms with Crippen LogP contribution in [-0.2, 0) is 0 Å². The van der Waals surface area contributed by atoms with Gasteiger partial charge in [0, 0.05) is 12.6 Å². The molecule has 1 aromatic rings. The fraction of sp³-hybridized carbons (Fsp3) is 0.667. The van der Waals surface area contributed by atoms with Crippen molar-refractivity contribution in [3.63, 3.8) is 0 Å². The summed E-state index contributed by atoms with van der Waals surface area (Å²) in [5.41, 5.74) is 2.49. The molecule has 0 aliphatic carbocycles. The molecule has 7 heteroatoms. The van der Waals surface area contributed by atoms with E-state index in [0.717, 1.165) is 19.5 Å². The SMILES string of the molecule is COc1c(NN)ncnc1NCCCN(C)C(C)C. The van der Waals surface area contributed by atoms with Crippen molar-refractivity contribution in [3.05, 3.63) is 6.33 Å². The van der Waals surface area contributed by atoms with Crippen molar-refractivity contribution in [3.8, 4) is 5.75 Å². The van der Waals surface area contributed by atoms with Crippen molar-refractivity contribution < 1.29 is 4.74 Å². The largest absolute Gasteiger partial charge is 0.490 e. The first-order valence-electron chi connectivity index (χ1n) is 6.39. The van der Waals surface area contributed by atoms with Crippen molar-refractivity contribution in [2.45, 2.75) is 26.3 Å². The molecule has 19 heavy (non-hydrogen) atoms. The predicted octanol–water partition coefficient (Wildman–Crippen LogP) is 0.913. The molecular formula is C12H24N6O. The summed E-state index contributed by atoms with van der Waals surface area (Å²) in [5, 5.41) is 3.23. The van der Waals surface area contributed by atoms with Gasteiger partial charge in [-0.25, -0.2) is 15.8 Å². The van der Waals surface area contributed by atoms with E-state index in [1.54, 1.807) is 7.11 Å². The van der Waals surface area contributed by atoms with Gasteiger partial charge in [-0.05, 0) is 33.9 Å². The number of aromatic nitrogens is 2. The van der Waals surface area contributed by atoms with Gasteiger partial charge in [-0.15, -0.1) is 0 Å². The van der Waals surface area contributed by atoms with E-state index in [2.05, 4.69) is 46.5 Å². The number of nitrogens with one attached hydrogen (secondary N) is 2. The van der Waals surface area contributed by atoms with Gasteiger partial charge in [-0.1, -0.05) is 0 Å². The maximum atomic E-state index is 5.37. The van der Waals surface area contributed by atoms with E-state index < -0.39 is 0 Å². The van der Waals surface area contributed by atoms with E-state index in [1.165, 1.54) is 6.33 Å². The van der Waals surface area contributed by atoms with Crippen LogP contribution in [0.5, 0.6) is 5.75 Å². The zero-order valence-corrected chi connectivity index (χ0v) is 12.1. The second kappa shape index (κ2) is 7.75. The molecule has 1 heterocycles. The van der Waals surface area contributed by atoms with Gasteiger partial charge in [0.15, 0.2) is 11.6 Å². The Morgan fingerprint density at radius 3 is 2.63 bits per heavy atom. The minimum absolute atomic E-state index is 0.472. The third-order valence-electron chi connectivity index (χ3n) is 3.01. The molecule has 4 N–H and O–H groups in total. The quantitative estimate of drug-likeness (QED) is 0.367. The highest BCUT2D eigenvalue weighted by Crippen LogP contribution is 2.27. The molecule has 0 saturated heterocycles. The Labute approximate surface area is 114 Å². The topological polar surface area (TPSA) is 88.3 Å². The van der Waals surface area contributed by atoms with Crippen LogP contribution in [0.2, 0.25) is 0 Å². The van der Waals surface area contributed by atoms with Gasteiger partial charge in [0.2, 0.25) is 5.75 Å². The number of anilines is 2. The fourth-order valence-electron chi connectivity index (χ4n) is 1.59. The Bertz CT molecular complexity index is 384. The highest BCUT2D eigenvalue weighted by Gasteiger charge is 2.10. The molecule has 0 unspecified atom stereocenters. The lowest BCUT2D eigenvalue weighted by molar-refractivity contribution is 0.273. The van der Waals surface area contributed by atoms with Crippen LogP contribution in [0.4, 0.5) is 11.6 Å². The molecule has 0 atom stereocenters. The van der Waals surface area contributed by atoms with Crippen LogP contribution in [-0.4, -0.2) is 48.2 Å². The number of nitrogens with zero attached hydrogens (tertiary/aromatic N) is 3. The molecule has 0 spiro atoms. The molecular weight excluding hydrogens is 244 g/mol. The second-order valence-electron chi connectivity index (χ2n) is 4.60. The van der Waals surface area contributed by atoms with E-state index in [9.17, 15) is 0 Å². The van der Waals surface area contributed by atoms with Crippen molar-refractivity contribution in [1.82, 2.24) is 14.9 Å². The molecule has 0 radical (unpaired) electrons. The first-order chi connectivity index (χ1) is 9.10. The number of rotatable bonds is 8. The van der Waals surface area contributed by atoms with Crippen LogP contribution in [0, 0.1) is 0 Å². The maximum absolute atomic E-state index is 5.37. The molecule has 0 bridgehead atoms. The number of nitrogens with two attached hydrogens (primary N) is 1. The van der Waals surface area contributed by atoms with E-state index in [0.29, 0.717) is 23.4 Å². The lowest BCUT2D eigenvalue weighted by Gasteiger charge is -2.21. The zero-order chi connectivity index (χ0) is 14.3. The summed E-state index contributed by atoms with van der Waals surface area (Å²) >= 11 is 0. The van der Waals surface area contributed by atoms with Crippen molar-refractivity contribution in [2.75, 3.05) is 38.0 Å². The van der Waals surface area contributed by atoms with Crippen molar-refractivity contribution in [2.24, 2.45) is 5.84 Å². The molecule has 0 aliphatic rings. The van der Waals surface area contributed by atoms with Gasteiger partial charge in [0.05, 0.1) is 7.11 Å². The molecule has 1 rings (SSSR count). The Balaban J connectivity index is 2.49. The summed E-state index contributed by atoms with van der Waals surface area (Å²) in [6.07, 6.45) is 2.47. The van der Waals surface area contributed by atoms with E-state index in [-0.39, 0.29) is 0 Å². The third kappa shape index (κ3) is 4.53. The van der Waals surface area contributed by atoms with Crippen LogP contribution >= 0.6 is 0 Å². The number of hydrazine groups is 1.